The summed E-state index contributed by atoms with van der Waals surface area (Å²) in [5.74, 6) is -2.71. The Balaban J connectivity index is 1.97. The lowest BCUT2D eigenvalue weighted by molar-refractivity contribution is -0.242. The number of hydrogen-bond donors (Lipinski definition) is 0. The van der Waals surface area contributed by atoms with Crippen LogP contribution in [0.3, 0.4) is 0 Å². The van der Waals surface area contributed by atoms with Gasteiger partial charge in [0, 0.05) is 5.02 Å². The van der Waals surface area contributed by atoms with Gasteiger partial charge in [-0.05, 0) is 23.6 Å². The molecule has 1 aliphatic rings. The SMILES string of the molecule is CC(C)C(C(=O)OC(F)(F)c1c(Cl)c(Cl)c2c(c1Cl)OCO2)c1ccc(Cl)cc1. The number of alkyl halides is 2. The number of esters is 1. The van der Waals surface area contributed by atoms with Gasteiger partial charge < -0.3 is 14.2 Å². The predicted octanol–water partition coefficient (Wildman–Crippen LogP) is 7.06. The van der Waals surface area contributed by atoms with Crippen LogP contribution in [-0.2, 0) is 15.6 Å². The Morgan fingerprint density at radius 3 is 2.10 bits per heavy atom. The van der Waals surface area contributed by atoms with Crippen LogP contribution < -0.4 is 9.47 Å². The van der Waals surface area contributed by atoms with E-state index in [-0.39, 0.29) is 29.2 Å². The van der Waals surface area contributed by atoms with Gasteiger partial charge in [0.25, 0.3) is 0 Å². The Hall–Kier alpha value is -1.47. The predicted molar refractivity (Wildman–Crippen MR) is 107 cm³/mol. The highest BCUT2D eigenvalue weighted by Gasteiger charge is 2.46. The second-order valence-electron chi connectivity index (χ2n) is 6.59. The molecular weight excluding hydrogens is 472 g/mol. The van der Waals surface area contributed by atoms with E-state index in [4.69, 9.17) is 55.9 Å². The van der Waals surface area contributed by atoms with E-state index < -0.39 is 33.6 Å². The van der Waals surface area contributed by atoms with Crippen molar-refractivity contribution in [3.05, 3.63) is 55.5 Å². The van der Waals surface area contributed by atoms with Crippen LogP contribution in [0.1, 0.15) is 30.9 Å². The minimum absolute atomic E-state index is 0.0474. The van der Waals surface area contributed by atoms with E-state index in [0.717, 1.165) is 0 Å². The van der Waals surface area contributed by atoms with Crippen LogP contribution in [0.5, 0.6) is 11.5 Å². The number of ether oxygens (including phenoxy) is 3. The molecule has 10 heteroatoms. The normalized spacial score (nSPS) is 14.2. The van der Waals surface area contributed by atoms with Gasteiger partial charge in [0.2, 0.25) is 6.79 Å². The second kappa shape index (κ2) is 8.34. The van der Waals surface area contributed by atoms with Crippen molar-refractivity contribution in [2.75, 3.05) is 6.79 Å². The number of benzene rings is 2. The van der Waals surface area contributed by atoms with Crippen molar-refractivity contribution in [1.29, 1.82) is 0 Å². The first kappa shape index (κ1) is 22.2. The van der Waals surface area contributed by atoms with Gasteiger partial charge in [0.1, 0.15) is 15.6 Å². The van der Waals surface area contributed by atoms with Crippen molar-refractivity contribution in [1.82, 2.24) is 0 Å². The van der Waals surface area contributed by atoms with Gasteiger partial charge >= 0.3 is 12.1 Å². The highest BCUT2D eigenvalue weighted by atomic mass is 35.5. The summed E-state index contributed by atoms with van der Waals surface area (Å²) in [7, 11) is 0. The smallest absolute Gasteiger partial charge is 0.431 e. The minimum atomic E-state index is -4.17. The molecule has 2 aromatic rings. The van der Waals surface area contributed by atoms with E-state index in [1.165, 1.54) is 0 Å². The van der Waals surface area contributed by atoms with E-state index in [1.807, 2.05) is 0 Å². The quantitative estimate of drug-likeness (QED) is 0.336. The summed E-state index contributed by atoms with van der Waals surface area (Å²) in [5.41, 5.74) is -0.492. The number of rotatable bonds is 5. The van der Waals surface area contributed by atoms with Crippen molar-refractivity contribution in [3.63, 3.8) is 0 Å². The molecule has 3 rings (SSSR count). The van der Waals surface area contributed by atoms with E-state index in [1.54, 1.807) is 38.1 Å². The molecule has 1 aliphatic heterocycles. The Bertz CT molecular complexity index is 948. The zero-order chi connectivity index (χ0) is 21.5. The van der Waals surface area contributed by atoms with Gasteiger partial charge in [0.15, 0.2) is 11.5 Å². The summed E-state index contributed by atoms with van der Waals surface area (Å²) < 4.78 is 44.7. The van der Waals surface area contributed by atoms with Crippen molar-refractivity contribution in [2.45, 2.75) is 25.9 Å². The van der Waals surface area contributed by atoms with Crippen molar-refractivity contribution < 1.29 is 27.8 Å². The maximum Gasteiger partial charge on any atom is 0.431 e. The third-order valence-electron chi connectivity index (χ3n) is 4.31. The molecule has 1 unspecified atom stereocenters. The summed E-state index contributed by atoms with van der Waals surface area (Å²) in [6, 6.07) is 6.26. The van der Waals surface area contributed by atoms with Crippen LogP contribution in [0.2, 0.25) is 20.1 Å². The molecule has 0 radical (unpaired) electrons. The van der Waals surface area contributed by atoms with Gasteiger partial charge in [-0.1, -0.05) is 72.4 Å². The average molecular weight is 486 g/mol. The summed E-state index contributed by atoms with van der Waals surface area (Å²) >= 11 is 23.9. The molecule has 0 fully saturated rings. The Morgan fingerprint density at radius 2 is 1.55 bits per heavy atom. The lowest BCUT2D eigenvalue weighted by atomic mass is 9.88. The monoisotopic (exact) mass is 484 g/mol. The van der Waals surface area contributed by atoms with Crippen LogP contribution in [-0.4, -0.2) is 12.8 Å². The van der Waals surface area contributed by atoms with Crippen molar-refractivity contribution >= 4 is 52.4 Å². The lowest BCUT2D eigenvalue weighted by Gasteiger charge is -2.25. The molecule has 0 saturated heterocycles. The van der Waals surface area contributed by atoms with Gasteiger partial charge in [-0.15, -0.1) is 0 Å². The lowest BCUT2D eigenvalue weighted by Crippen LogP contribution is -2.29. The first-order valence-corrected chi connectivity index (χ1v) is 9.88. The maximum absolute atomic E-state index is 15.0. The van der Waals surface area contributed by atoms with Gasteiger partial charge in [0.05, 0.1) is 10.9 Å². The first-order valence-electron chi connectivity index (χ1n) is 8.37. The molecule has 0 spiro atoms. The van der Waals surface area contributed by atoms with E-state index in [0.29, 0.717) is 10.6 Å². The average Bonchev–Trinajstić information content (AvgIpc) is 3.11. The largest absolute Gasteiger partial charge is 0.452 e. The Morgan fingerprint density at radius 1 is 1.00 bits per heavy atom. The second-order valence-corrected chi connectivity index (χ2v) is 8.16. The maximum atomic E-state index is 15.0. The van der Waals surface area contributed by atoms with Crippen LogP contribution in [0.4, 0.5) is 8.78 Å². The van der Waals surface area contributed by atoms with Crippen LogP contribution in [0.25, 0.3) is 0 Å². The summed E-state index contributed by atoms with van der Waals surface area (Å²) in [6.07, 6.45) is -4.17. The van der Waals surface area contributed by atoms with E-state index in [9.17, 15) is 13.6 Å². The third kappa shape index (κ3) is 4.22. The fourth-order valence-corrected chi connectivity index (χ4v) is 4.03. The number of carbonyl (C=O) groups excluding carboxylic acids is 1. The van der Waals surface area contributed by atoms with Crippen LogP contribution in [0.15, 0.2) is 24.3 Å². The number of hydrogen-bond acceptors (Lipinski definition) is 4. The minimum Gasteiger partial charge on any atom is -0.452 e. The highest BCUT2D eigenvalue weighted by Crippen LogP contribution is 2.54. The molecule has 1 heterocycles. The fraction of sp³-hybridized carbons (Fsp3) is 0.316. The summed E-state index contributed by atoms with van der Waals surface area (Å²) in [6.45, 7) is 3.15. The van der Waals surface area contributed by atoms with E-state index >= 15 is 0 Å². The van der Waals surface area contributed by atoms with E-state index in [2.05, 4.69) is 4.74 Å². The number of halogens is 6. The molecular formula is C19H14Cl4F2O4. The number of fused-ring (bicyclic) bond motifs is 1. The molecule has 1 atom stereocenters. The zero-order valence-corrected chi connectivity index (χ0v) is 18.1. The van der Waals surface area contributed by atoms with Gasteiger partial charge in [-0.25, -0.2) is 0 Å². The van der Waals surface area contributed by atoms with Gasteiger partial charge in [-0.2, -0.15) is 8.78 Å². The van der Waals surface area contributed by atoms with Crippen molar-refractivity contribution in [2.24, 2.45) is 5.92 Å². The molecule has 156 valence electrons. The van der Waals surface area contributed by atoms with Gasteiger partial charge in [-0.3, -0.25) is 4.79 Å². The molecule has 0 aliphatic carbocycles. The molecule has 0 amide bonds. The summed E-state index contributed by atoms with van der Waals surface area (Å²) in [5, 5.41) is -1.00. The van der Waals surface area contributed by atoms with Crippen LogP contribution >= 0.6 is 46.4 Å². The molecule has 0 aromatic heterocycles. The topological polar surface area (TPSA) is 44.8 Å². The standard InChI is InChI=1S/C19H14Cl4F2O4/c1-8(2)11(9-3-5-10(20)6-4-9)18(26)29-19(24,25)12-13(21)15(23)17-16(14(12)22)27-7-28-17/h3-6,8,11H,7H2,1-2H3. The molecule has 0 N–H and O–H groups in total. The Kier molecular flexibility index (Phi) is 6.39. The molecule has 0 saturated carbocycles. The molecule has 2 aromatic carbocycles. The fourth-order valence-electron chi connectivity index (χ4n) is 2.98. The molecule has 4 nitrogen and oxygen atoms in total. The molecule has 0 bridgehead atoms. The first-order chi connectivity index (χ1) is 13.5. The van der Waals surface area contributed by atoms with Crippen molar-refractivity contribution in [3.8, 4) is 11.5 Å². The highest BCUT2D eigenvalue weighted by molar-refractivity contribution is 6.45. The zero-order valence-electron chi connectivity index (χ0n) is 15.1. The third-order valence-corrected chi connectivity index (χ3v) is 5.76. The molecule has 29 heavy (non-hydrogen) atoms. The number of carbonyl (C=O) groups is 1. The van der Waals surface area contributed by atoms with Crippen LogP contribution in [0, 0.1) is 5.92 Å². The summed E-state index contributed by atoms with van der Waals surface area (Å²) in [4.78, 5) is 12.7. The Labute approximate surface area is 185 Å².